The topological polar surface area (TPSA) is 32.8 Å². The molecule has 2 bridgehead atoms. The van der Waals surface area contributed by atoms with Crippen LogP contribution < -0.4 is 0 Å². The van der Waals surface area contributed by atoms with Gasteiger partial charge in [0.25, 0.3) is 5.91 Å². The van der Waals surface area contributed by atoms with E-state index in [9.17, 15) is 4.79 Å². The summed E-state index contributed by atoms with van der Waals surface area (Å²) in [5, 5.41) is 0. The monoisotopic (exact) mass is 314 g/mol. The molecule has 1 aromatic carbocycles. The molecule has 4 heteroatoms. The number of carbonyl (C=O) groups is 1. The lowest BCUT2D eigenvalue weighted by molar-refractivity contribution is -0.151. The number of hydrogen-bond acceptors (Lipinski definition) is 3. The first-order chi connectivity index (χ1) is 11.3. The van der Waals surface area contributed by atoms with Gasteiger partial charge in [0, 0.05) is 32.7 Å². The minimum absolute atomic E-state index is 0.195. The van der Waals surface area contributed by atoms with Gasteiger partial charge < -0.3 is 14.5 Å². The van der Waals surface area contributed by atoms with Gasteiger partial charge >= 0.3 is 0 Å². The number of fused-ring (bicyclic) bond motifs is 4. The summed E-state index contributed by atoms with van der Waals surface area (Å²) in [6.07, 6.45) is 3.13. The minimum atomic E-state index is -0.270. The van der Waals surface area contributed by atoms with E-state index in [1.54, 1.807) is 7.11 Å². The van der Waals surface area contributed by atoms with Crippen LogP contribution in [0.4, 0.5) is 0 Å². The number of benzene rings is 1. The molecule has 4 aliphatic heterocycles. The van der Waals surface area contributed by atoms with Crippen LogP contribution in [0.3, 0.4) is 0 Å². The summed E-state index contributed by atoms with van der Waals surface area (Å²) < 4.78 is 5.73. The average molecular weight is 314 g/mol. The molecule has 0 spiro atoms. The normalized spacial score (nSPS) is 30.8. The molecule has 0 radical (unpaired) electrons. The lowest BCUT2D eigenvalue weighted by Crippen LogP contribution is -2.56. The van der Waals surface area contributed by atoms with Gasteiger partial charge in [-0.15, -0.1) is 0 Å². The fourth-order valence-electron chi connectivity index (χ4n) is 4.68. The molecular formula is C19H26N2O2. The molecule has 0 aromatic heterocycles. The summed E-state index contributed by atoms with van der Waals surface area (Å²) in [7, 11) is 1.71. The van der Waals surface area contributed by atoms with E-state index in [2.05, 4.69) is 29.2 Å². The minimum Gasteiger partial charge on any atom is -0.371 e. The van der Waals surface area contributed by atoms with Crippen molar-refractivity contribution >= 4 is 5.91 Å². The Kier molecular flexibility index (Phi) is 4.12. The molecule has 1 aromatic rings. The molecule has 3 fully saturated rings. The Bertz CT molecular complexity index is 580. The Morgan fingerprint density at radius 2 is 1.91 bits per heavy atom. The Morgan fingerprint density at radius 3 is 2.57 bits per heavy atom. The molecule has 0 N–H and O–H groups in total. The molecule has 4 nitrogen and oxygen atoms in total. The summed E-state index contributed by atoms with van der Waals surface area (Å²) in [5.41, 5.74) is 2.67. The maximum Gasteiger partial charge on any atom is 0.252 e. The second-order valence-corrected chi connectivity index (χ2v) is 7.24. The SMILES string of the molecule is COC(C(=O)N1CCc2ccccc2C1)C1CN2CCC1CC2. The quantitative estimate of drug-likeness (QED) is 0.855. The van der Waals surface area contributed by atoms with Crippen molar-refractivity contribution in [1.82, 2.24) is 9.80 Å². The first kappa shape index (κ1) is 15.2. The van der Waals surface area contributed by atoms with Crippen LogP contribution in [0, 0.1) is 11.8 Å². The van der Waals surface area contributed by atoms with Gasteiger partial charge in [0.05, 0.1) is 0 Å². The van der Waals surface area contributed by atoms with Crippen molar-refractivity contribution in [2.75, 3.05) is 33.3 Å². The Balaban J connectivity index is 1.49. The summed E-state index contributed by atoms with van der Waals surface area (Å²) in [6.45, 7) is 4.97. The zero-order valence-corrected chi connectivity index (χ0v) is 13.9. The molecule has 23 heavy (non-hydrogen) atoms. The van der Waals surface area contributed by atoms with Gasteiger partial charge in [0.15, 0.2) is 0 Å². The zero-order chi connectivity index (χ0) is 15.8. The third-order valence-corrected chi connectivity index (χ3v) is 6.04. The van der Waals surface area contributed by atoms with E-state index in [-0.39, 0.29) is 12.0 Å². The van der Waals surface area contributed by atoms with E-state index in [0.717, 1.165) is 26.1 Å². The van der Waals surface area contributed by atoms with Crippen molar-refractivity contribution in [2.45, 2.75) is 31.9 Å². The maximum absolute atomic E-state index is 13.1. The first-order valence-electron chi connectivity index (χ1n) is 8.87. The van der Waals surface area contributed by atoms with E-state index in [1.165, 1.54) is 37.1 Å². The molecule has 124 valence electrons. The van der Waals surface area contributed by atoms with Gasteiger partial charge in [-0.2, -0.15) is 0 Å². The molecule has 2 atom stereocenters. The number of nitrogens with zero attached hydrogens (tertiary/aromatic N) is 2. The predicted molar refractivity (Wildman–Crippen MR) is 89.0 cm³/mol. The summed E-state index contributed by atoms with van der Waals surface area (Å²) in [5.74, 6) is 1.22. The largest absolute Gasteiger partial charge is 0.371 e. The molecule has 4 aliphatic rings. The Morgan fingerprint density at radius 1 is 1.17 bits per heavy atom. The number of rotatable bonds is 3. The molecular weight excluding hydrogens is 288 g/mol. The highest BCUT2D eigenvalue weighted by molar-refractivity contribution is 5.81. The highest BCUT2D eigenvalue weighted by atomic mass is 16.5. The number of methoxy groups -OCH3 is 1. The molecule has 1 amide bonds. The van der Waals surface area contributed by atoms with Crippen LogP contribution >= 0.6 is 0 Å². The van der Waals surface area contributed by atoms with E-state index in [1.807, 2.05) is 4.90 Å². The lowest BCUT2D eigenvalue weighted by Gasteiger charge is -2.47. The number of hydrogen-bond donors (Lipinski definition) is 0. The van der Waals surface area contributed by atoms with Crippen molar-refractivity contribution < 1.29 is 9.53 Å². The molecule has 0 aliphatic carbocycles. The summed E-state index contributed by atoms with van der Waals surface area (Å²) in [4.78, 5) is 17.6. The van der Waals surface area contributed by atoms with Gasteiger partial charge in [-0.3, -0.25) is 4.79 Å². The number of ether oxygens (including phenoxy) is 1. The van der Waals surface area contributed by atoms with Crippen LogP contribution in [-0.4, -0.2) is 55.1 Å². The number of piperidine rings is 3. The molecule has 2 unspecified atom stereocenters. The van der Waals surface area contributed by atoms with Gasteiger partial charge in [0.1, 0.15) is 6.10 Å². The first-order valence-corrected chi connectivity index (χ1v) is 8.87. The predicted octanol–water partition coefficient (Wildman–Crippen LogP) is 1.93. The lowest BCUT2D eigenvalue weighted by atomic mass is 9.75. The molecule has 3 saturated heterocycles. The van der Waals surface area contributed by atoms with Crippen molar-refractivity contribution in [3.05, 3.63) is 35.4 Å². The average Bonchev–Trinajstić information content (AvgIpc) is 2.63. The van der Waals surface area contributed by atoms with Crippen LogP contribution in [0.1, 0.15) is 24.0 Å². The fraction of sp³-hybridized carbons (Fsp3) is 0.632. The second kappa shape index (κ2) is 6.25. The van der Waals surface area contributed by atoms with Gasteiger partial charge in [-0.1, -0.05) is 24.3 Å². The van der Waals surface area contributed by atoms with Crippen molar-refractivity contribution in [3.8, 4) is 0 Å². The summed E-state index contributed by atoms with van der Waals surface area (Å²) >= 11 is 0. The van der Waals surface area contributed by atoms with E-state index in [0.29, 0.717) is 11.8 Å². The third-order valence-electron chi connectivity index (χ3n) is 6.04. The van der Waals surface area contributed by atoms with Crippen LogP contribution in [-0.2, 0) is 22.5 Å². The molecule has 0 saturated carbocycles. The van der Waals surface area contributed by atoms with E-state index >= 15 is 0 Å². The highest BCUT2D eigenvalue weighted by Gasteiger charge is 2.43. The standard InChI is InChI=1S/C19H26N2O2/c1-23-18(17-13-20-9-6-15(17)7-10-20)19(22)21-11-8-14-4-2-3-5-16(14)12-21/h2-5,15,17-18H,6-13H2,1H3. The van der Waals surface area contributed by atoms with Crippen molar-refractivity contribution in [1.29, 1.82) is 0 Å². The molecule has 4 heterocycles. The summed E-state index contributed by atoms with van der Waals surface area (Å²) in [6, 6.07) is 8.47. The van der Waals surface area contributed by atoms with Gasteiger partial charge in [-0.05, 0) is 49.4 Å². The Labute approximate surface area is 138 Å². The number of amides is 1. The smallest absolute Gasteiger partial charge is 0.252 e. The van der Waals surface area contributed by atoms with E-state index in [4.69, 9.17) is 4.74 Å². The van der Waals surface area contributed by atoms with Gasteiger partial charge in [-0.25, -0.2) is 0 Å². The third kappa shape index (κ3) is 2.79. The second-order valence-electron chi connectivity index (χ2n) is 7.24. The van der Waals surface area contributed by atoms with Crippen LogP contribution in [0.5, 0.6) is 0 Å². The maximum atomic E-state index is 13.1. The van der Waals surface area contributed by atoms with Crippen molar-refractivity contribution in [3.63, 3.8) is 0 Å². The van der Waals surface area contributed by atoms with Crippen molar-refractivity contribution in [2.24, 2.45) is 11.8 Å². The number of carbonyl (C=O) groups excluding carboxylic acids is 1. The van der Waals surface area contributed by atoms with E-state index < -0.39 is 0 Å². The van der Waals surface area contributed by atoms with Crippen LogP contribution in [0.15, 0.2) is 24.3 Å². The highest BCUT2D eigenvalue weighted by Crippen LogP contribution is 2.36. The van der Waals surface area contributed by atoms with Crippen LogP contribution in [0.2, 0.25) is 0 Å². The fourth-order valence-corrected chi connectivity index (χ4v) is 4.68. The molecule has 5 rings (SSSR count). The van der Waals surface area contributed by atoms with Crippen LogP contribution in [0.25, 0.3) is 0 Å². The Hall–Kier alpha value is -1.39. The zero-order valence-electron chi connectivity index (χ0n) is 13.9. The van der Waals surface area contributed by atoms with Gasteiger partial charge in [0.2, 0.25) is 0 Å².